The predicted molar refractivity (Wildman–Crippen MR) is 143 cm³/mol. The number of carboxylic acids is 1. The number of nitrogens with zero attached hydrogens (tertiary/aromatic N) is 5. The first kappa shape index (κ1) is 25.0. The van der Waals surface area contributed by atoms with E-state index in [9.17, 15) is 14.7 Å². The Balaban J connectivity index is 1.70. The summed E-state index contributed by atoms with van der Waals surface area (Å²) in [5.41, 5.74) is 3.01. The average molecular weight is 535 g/mol. The van der Waals surface area contributed by atoms with Gasteiger partial charge in [-0.05, 0) is 30.4 Å². The van der Waals surface area contributed by atoms with E-state index >= 15 is 8.78 Å². The van der Waals surface area contributed by atoms with Gasteiger partial charge in [-0.3, -0.25) is 18.6 Å². The van der Waals surface area contributed by atoms with Gasteiger partial charge in [-0.15, -0.1) is 5.10 Å². The topological polar surface area (TPSA) is 111 Å². The van der Waals surface area contributed by atoms with Crippen LogP contribution in [0.25, 0.3) is 44.5 Å². The van der Waals surface area contributed by atoms with E-state index in [1.165, 1.54) is 16.9 Å². The summed E-state index contributed by atoms with van der Waals surface area (Å²) in [6.45, 7) is 1.72. The molecule has 5 aromatic rings. The highest BCUT2D eigenvalue weighted by Crippen LogP contribution is 2.44. The quantitative estimate of drug-likeness (QED) is 0.309. The Labute approximate surface area is 221 Å². The van der Waals surface area contributed by atoms with E-state index in [0.717, 1.165) is 25.7 Å². The van der Waals surface area contributed by atoms with E-state index in [0.29, 0.717) is 38.9 Å². The van der Waals surface area contributed by atoms with Gasteiger partial charge in [0.1, 0.15) is 11.5 Å². The Morgan fingerprint density at radius 1 is 1.21 bits per heavy atom. The molecule has 0 amide bonds. The fourth-order valence-electron chi connectivity index (χ4n) is 6.00. The highest BCUT2D eigenvalue weighted by atomic mass is 19.1. The minimum atomic E-state index is -0.972. The van der Waals surface area contributed by atoms with Crippen LogP contribution in [0.4, 0.5) is 8.78 Å². The molecule has 0 spiro atoms. The number of imidazole rings is 1. The molecule has 0 aliphatic heterocycles. The van der Waals surface area contributed by atoms with Crippen LogP contribution in [-0.2, 0) is 18.9 Å². The van der Waals surface area contributed by atoms with Crippen LogP contribution in [0.15, 0.2) is 35.4 Å². The number of hydrogen-bond acceptors (Lipinski definition) is 4. The Hall–Kier alpha value is -4.28. The lowest BCUT2D eigenvalue weighted by atomic mass is 9.93. The number of fused-ring (bicyclic) bond motifs is 3. The molecule has 1 aliphatic rings. The number of aliphatic carboxylic acids is 1. The Bertz CT molecular complexity index is 1820. The molecule has 9 nitrogen and oxygen atoms in total. The number of benzene rings is 1. The zero-order chi connectivity index (χ0) is 27.6. The molecule has 1 unspecified atom stereocenters. The number of carboxylic acid groups (broad SMARTS) is 1. The second-order valence-corrected chi connectivity index (χ2v) is 10.5. The normalized spacial score (nSPS) is 15.1. The zero-order valence-electron chi connectivity index (χ0n) is 21.8. The van der Waals surface area contributed by atoms with E-state index in [2.05, 4.69) is 15.1 Å². The summed E-state index contributed by atoms with van der Waals surface area (Å²) >= 11 is 0. The van der Waals surface area contributed by atoms with Crippen molar-refractivity contribution in [3.8, 4) is 22.4 Å². The van der Waals surface area contributed by atoms with Crippen LogP contribution in [0.5, 0.6) is 0 Å². The van der Waals surface area contributed by atoms with Crippen LogP contribution in [0.2, 0.25) is 0 Å². The zero-order valence-corrected chi connectivity index (χ0v) is 21.8. The SMILES string of the molecule is CC(CC(=O)O)c1ccc(-c2c(-c3cn(C)nc3F)[nH]c3ncc4c(c23)n(C2CCCC2)c(=O)n4C)c(F)c1. The maximum atomic E-state index is 16.0. The first-order chi connectivity index (χ1) is 18.7. The molecule has 0 saturated heterocycles. The maximum Gasteiger partial charge on any atom is 0.329 e. The van der Waals surface area contributed by atoms with Crippen molar-refractivity contribution in [1.29, 1.82) is 0 Å². The van der Waals surface area contributed by atoms with Gasteiger partial charge in [-0.25, -0.2) is 14.2 Å². The molecule has 1 saturated carbocycles. The molecule has 4 aromatic heterocycles. The predicted octanol–water partition coefficient (Wildman–Crippen LogP) is 5.26. The van der Waals surface area contributed by atoms with Crippen molar-refractivity contribution in [3.63, 3.8) is 0 Å². The molecule has 4 heterocycles. The second-order valence-electron chi connectivity index (χ2n) is 10.5. The number of nitrogens with one attached hydrogen (secondary N) is 1. The number of rotatable bonds is 6. The standard InChI is InChI=1S/C28H28F2N6O3/c1-14(10-21(37)38)15-8-9-17(19(29)11-15)22-23-25-20(35(3)28(39)36(25)16-6-4-5-7-16)12-31-27(23)32-24(22)18-13-34(2)33-26(18)30/h8-9,11-14,16H,4-7,10H2,1-3H3,(H,31,32)(H,37,38). The number of H-pyrrole nitrogens is 1. The minimum absolute atomic E-state index is 0.00257. The molecule has 1 atom stereocenters. The van der Waals surface area contributed by atoms with E-state index in [-0.39, 0.29) is 29.3 Å². The lowest BCUT2D eigenvalue weighted by Gasteiger charge is -2.14. The van der Waals surface area contributed by atoms with Crippen molar-refractivity contribution in [2.45, 2.75) is 51.0 Å². The van der Waals surface area contributed by atoms with E-state index in [4.69, 9.17) is 0 Å². The minimum Gasteiger partial charge on any atom is -0.481 e. The van der Waals surface area contributed by atoms with Gasteiger partial charge in [-0.2, -0.15) is 4.39 Å². The number of aromatic amines is 1. The number of aromatic nitrogens is 6. The third-order valence-electron chi connectivity index (χ3n) is 7.93. The van der Waals surface area contributed by atoms with Crippen LogP contribution in [0.1, 0.15) is 56.6 Å². The summed E-state index contributed by atoms with van der Waals surface area (Å²) in [5.74, 6) is -2.69. The first-order valence-corrected chi connectivity index (χ1v) is 13.0. The van der Waals surface area contributed by atoms with Crippen molar-refractivity contribution in [3.05, 3.63) is 58.4 Å². The van der Waals surface area contributed by atoms with Crippen molar-refractivity contribution < 1.29 is 18.7 Å². The molecule has 39 heavy (non-hydrogen) atoms. The smallest absolute Gasteiger partial charge is 0.329 e. The van der Waals surface area contributed by atoms with Gasteiger partial charge in [0.2, 0.25) is 5.95 Å². The van der Waals surface area contributed by atoms with Crippen LogP contribution < -0.4 is 5.69 Å². The largest absolute Gasteiger partial charge is 0.481 e. The first-order valence-electron chi connectivity index (χ1n) is 13.0. The van der Waals surface area contributed by atoms with Crippen molar-refractivity contribution in [2.75, 3.05) is 0 Å². The number of pyridine rings is 1. The van der Waals surface area contributed by atoms with Gasteiger partial charge in [0.05, 0.1) is 40.3 Å². The van der Waals surface area contributed by atoms with E-state index in [1.54, 1.807) is 48.5 Å². The van der Waals surface area contributed by atoms with Gasteiger partial charge >= 0.3 is 11.7 Å². The van der Waals surface area contributed by atoms with Crippen molar-refractivity contribution in [2.24, 2.45) is 14.1 Å². The summed E-state index contributed by atoms with van der Waals surface area (Å²) in [5, 5.41) is 13.6. The highest BCUT2D eigenvalue weighted by Gasteiger charge is 2.29. The van der Waals surface area contributed by atoms with Gasteiger partial charge in [0.15, 0.2) is 0 Å². The van der Waals surface area contributed by atoms with Gasteiger partial charge < -0.3 is 10.1 Å². The summed E-state index contributed by atoms with van der Waals surface area (Å²) in [6.07, 6.45) is 6.73. The monoisotopic (exact) mass is 534 g/mol. The fourth-order valence-corrected chi connectivity index (χ4v) is 6.00. The van der Waals surface area contributed by atoms with Crippen molar-refractivity contribution in [1.82, 2.24) is 28.9 Å². The highest BCUT2D eigenvalue weighted by molar-refractivity contribution is 6.14. The maximum absolute atomic E-state index is 16.0. The van der Waals surface area contributed by atoms with E-state index in [1.807, 2.05) is 0 Å². The van der Waals surface area contributed by atoms with Gasteiger partial charge in [-0.1, -0.05) is 31.9 Å². The third-order valence-corrected chi connectivity index (χ3v) is 7.93. The summed E-state index contributed by atoms with van der Waals surface area (Å²) in [4.78, 5) is 32.4. The molecule has 1 aromatic carbocycles. The number of aryl methyl sites for hydroxylation is 2. The molecule has 202 valence electrons. The van der Waals surface area contributed by atoms with Crippen molar-refractivity contribution >= 4 is 28.0 Å². The van der Waals surface area contributed by atoms with E-state index < -0.39 is 23.7 Å². The molecule has 0 bridgehead atoms. The number of hydrogen-bond donors (Lipinski definition) is 2. The van der Waals surface area contributed by atoms with Crippen LogP contribution in [0.3, 0.4) is 0 Å². The molecular formula is C28H28F2N6O3. The molecule has 2 N–H and O–H groups in total. The lowest BCUT2D eigenvalue weighted by Crippen LogP contribution is -2.24. The number of halogens is 2. The third kappa shape index (κ3) is 3.95. The molecule has 0 radical (unpaired) electrons. The fraction of sp³-hybridized carbons (Fsp3) is 0.357. The average Bonchev–Trinajstić information content (AvgIpc) is 3.65. The van der Waals surface area contributed by atoms with Crippen LogP contribution >= 0.6 is 0 Å². The second kappa shape index (κ2) is 9.18. The Morgan fingerprint density at radius 2 is 1.95 bits per heavy atom. The molecule has 6 rings (SSSR count). The molecule has 1 aliphatic carbocycles. The van der Waals surface area contributed by atoms with Crippen LogP contribution in [-0.4, -0.2) is 40.0 Å². The molecular weight excluding hydrogens is 506 g/mol. The lowest BCUT2D eigenvalue weighted by molar-refractivity contribution is -0.137. The molecule has 11 heteroatoms. The summed E-state index contributed by atoms with van der Waals surface area (Å²) < 4.78 is 35.7. The Morgan fingerprint density at radius 3 is 2.59 bits per heavy atom. The number of carbonyl (C=O) groups is 1. The van der Waals surface area contributed by atoms with Gasteiger partial charge in [0, 0.05) is 37.5 Å². The summed E-state index contributed by atoms with van der Waals surface area (Å²) in [7, 11) is 3.29. The van der Waals surface area contributed by atoms with Crippen LogP contribution in [0, 0.1) is 11.8 Å². The molecule has 1 fully saturated rings. The van der Waals surface area contributed by atoms with Gasteiger partial charge in [0.25, 0.3) is 0 Å². The Kier molecular flexibility index (Phi) is 5.89. The summed E-state index contributed by atoms with van der Waals surface area (Å²) in [6, 6.07) is 4.60.